The summed E-state index contributed by atoms with van der Waals surface area (Å²) in [6.45, 7) is 2.09. The molecule has 17 heavy (non-hydrogen) atoms. The minimum absolute atomic E-state index is 0.242. The van der Waals surface area contributed by atoms with Crippen molar-refractivity contribution in [2.24, 2.45) is 5.73 Å². The summed E-state index contributed by atoms with van der Waals surface area (Å²) in [5, 5.41) is 0. The molecule has 2 aromatic rings. The molecule has 4 heteroatoms. The Morgan fingerprint density at radius 2 is 2.00 bits per heavy atom. The molecular formula is C13H13FN2O. The lowest BCUT2D eigenvalue weighted by atomic mass is 10.2. The van der Waals surface area contributed by atoms with Gasteiger partial charge in [0.15, 0.2) is 0 Å². The van der Waals surface area contributed by atoms with Gasteiger partial charge in [-0.2, -0.15) is 0 Å². The van der Waals surface area contributed by atoms with Crippen molar-refractivity contribution in [3.8, 4) is 11.5 Å². The van der Waals surface area contributed by atoms with Crippen LogP contribution in [0.1, 0.15) is 11.3 Å². The van der Waals surface area contributed by atoms with Crippen LogP contribution in [0.25, 0.3) is 0 Å². The number of benzene rings is 1. The number of ether oxygens (including phenoxy) is 1. The summed E-state index contributed by atoms with van der Waals surface area (Å²) >= 11 is 0. The molecule has 0 saturated heterocycles. The van der Waals surface area contributed by atoms with E-state index in [-0.39, 0.29) is 5.82 Å². The number of pyridine rings is 1. The van der Waals surface area contributed by atoms with Crippen molar-refractivity contribution in [1.82, 2.24) is 4.98 Å². The number of aryl methyl sites for hydroxylation is 1. The van der Waals surface area contributed by atoms with E-state index in [9.17, 15) is 4.39 Å². The molecule has 3 nitrogen and oxygen atoms in total. The molecule has 0 atom stereocenters. The van der Waals surface area contributed by atoms with E-state index in [1.54, 1.807) is 37.4 Å². The first-order valence-corrected chi connectivity index (χ1v) is 5.28. The molecule has 2 rings (SSSR count). The Morgan fingerprint density at radius 3 is 2.59 bits per heavy atom. The predicted octanol–water partition coefficient (Wildman–Crippen LogP) is 2.78. The summed E-state index contributed by atoms with van der Waals surface area (Å²) in [6, 6.07) is 8.19. The number of aromatic nitrogens is 1. The van der Waals surface area contributed by atoms with Crippen molar-refractivity contribution in [3.05, 3.63) is 53.6 Å². The molecule has 1 aromatic carbocycles. The van der Waals surface area contributed by atoms with Crippen LogP contribution >= 0.6 is 0 Å². The number of halogens is 1. The van der Waals surface area contributed by atoms with Crippen molar-refractivity contribution in [3.63, 3.8) is 0 Å². The number of rotatable bonds is 3. The van der Waals surface area contributed by atoms with Gasteiger partial charge in [0.25, 0.3) is 0 Å². The second-order valence-electron chi connectivity index (χ2n) is 3.70. The standard InChI is InChI=1S/C13H13FN2O/c1-9-6-11(4-5-13(9)14)17-12-3-2-10(7-15)16-8-12/h2-6,8H,7,15H2,1H3. The van der Waals surface area contributed by atoms with Crippen LogP contribution in [0.5, 0.6) is 11.5 Å². The highest BCUT2D eigenvalue weighted by Gasteiger charge is 2.01. The average Bonchev–Trinajstić information content (AvgIpc) is 2.35. The SMILES string of the molecule is Cc1cc(Oc2ccc(CN)nc2)ccc1F. The largest absolute Gasteiger partial charge is 0.456 e. The van der Waals surface area contributed by atoms with Crippen molar-refractivity contribution in [2.45, 2.75) is 13.5 Å². The summed E-state index contributed by atoms with van der Waals surface area (Å²) in [5.74, 6) is 0.952. The molecule has 88 valence electrons. The van der Waals surface area contributed by atoms with Crippen molar-refractivity contribution >= 4 is 0 Å². The van der Waals surface area contributed by atoms with Crippen molar-refractivity contribution in [1.29, 1.82) is 0 Å². The monoisotopic (exact) mass is 232 g/mol. The minimum Gasteiger partial charge on any atom is -0.456 e. The molecule has 0 aliphatic rings. The Bertz CT molecular complexity index is 511. The third-order valence-electron chi connectivity index (χ3n) is 2.37. The summed E-state index contributed by atoms with van der Waals surface area (Å²) in [6.07, 6.45) is 1.60. The van der Waals surface area contributed by atoms with E-state index in [1.807, 2.05) is 0 Å². The lowest BCUT2D eigenvalue weighted by Gasteiger charge is -2.06. The van der Waals surface area contributed by atoms with Gasteiger partial charge in [-0.3, -0.25) is 4.98 Å². The molecule has 0 aliphatic heterocycles. The molecule has 2 N–H and O–H groups in total. The maximum Gasteiger partial charge on any atom is 0.145 e. The van der Waals surface area contributed by atoms with E-state index in [4.69, 9.17) is 10.5 Å². The topological polar surface area (TPSA) is 48.1 Å². The van der Waals surface area contributed by atoms with E-state index in [0.717, 1.165) is 5.69 Å². The highest BCUT2D eigenvalue weighted by molar-refractivity contribution is 5.33. The van der Waals surface area contributed by atoms with Crippen LogP contribution in [0.15, 0.2) is 36.5 Å². The zero-order valence-electron chi connectivity index (χ0n) is 9.48. The van der Waals surface area contributed by atoms with Crippen LogP contribution in [0.3, 0.4) is 0 Å². The van der Waals surface area contributed by atoms with Gasteiger partial charge >= 0.3 is 0 Å². The fraction of sp³-hybridized carbons (Fsp3) is 0.154. The third kappa shape index (κ3) is 2.79. The first-order chi connectivity index (χ1) is 8.19. The molecule has 1 heterocycles. The number of hydrogen-bond donors (Lipinski definition) is 1. The Morgan fingerprint density at radius 1 is 1.24 bits per heavy atom. The van der Waals surface area contributed by atoms with E-state index < -0.39 is 0 Å². The van der Waals surface area contributed by atoms with Crippen molar-refractivity contribution in [2.75, 3.05) is 0 Å². The van der Waals surface area contributed by atoms with E-state index in [2.05, 4.69) is 4.98 Å². The summed E-state index contributed by atoms with van der Waals surface area (Å²) in [7, 11) is 0. The van der Waals surface area contributed by atoms with E-state index in [0.29, 0.717) is 23.6 Å². The lowest BCUT2D eigenvalue weighted by Crippen LogP contribution is -1.98. The Balaban J connectivity index is 2.16. The van der Waals surface area contributed by atoms with Gasteiger partial charge in [0, 0.05) is 6.54 Å². The molecule has 0 aliphatic carbocycles. The van der Waals surface area contributed by atoms with Gasteiger partial charge in [0.1, 0.15) is 17.3 Å². The molecule has 0 radical (unpaired) electrons. The number of nitrogens with zero attached hydrogens (tertiary/aromatic N) is 1. The van der Waals surface area contributed by atoms with Crippen LogP contribution in [-0.4, -0.2) is 4.98 Å². The van der Waals surface area contributed by atoms with Crippen LogP contribution in [0.4, 0.5) is 4.39 Å². The van der Waals surface area contributed by atoms with Gasteiger partial charge in [0.2, 0.25) is 0 Å². The highest BCUT2D eigenvalue weighted by atomic mass is 19.1. The maximum atomic E-state index is 13.1. The zero-order valence-corrected chi connectivity index (χ0v) is 9.48. The Kier molecular flexibility index (Phi) is 3.35. The van der Waals surface area contributed by atoms with E-state index >= 15 is 0 Å². The smallest absolute Gasteiger partial charge is 0.145 e. The predicted molar refractivity (Wildman–Crippen MR) is 63.3 cm³/mol. The van der Waals surface area contributed by atoms with Crippen LogP contribution < -0.4 is 10.5 Å². The molecule has 0 unspecified atom stereocenters. The summed E-state index contributed by atoms with van der Waals surface area (Å²) in [5.41, 5.74) is 6.79. The number of hydrogen-bond acceptors (Lipinski definition) is 3. The van der Waals surface area contributed by atoms with Crippen LogP contribution in [0, 0.1) is 12.7 Å². The molecule has 0 spiro atoms. The van der Waals surface area contributed by atoms with Gasteiger partial charge < -0.3 is 10.5 Å². The molecule has 0 fully saturated rings. The highest BCUT2D eigenvalue weighted by Crippen LogP contribution is 2.22. The summed E-state index contributed by atoms with van der Waals surface area (Å²) < 4.78 is 18.6. The normalized spacial score (nSPS) is 10.3. The second-order valence-corrected chi connectivity index (χ2v) is 3.70. The quantitative estimate of drug-likeness (QED) is 0.885. The second kappa shape index (κ2) is 4.93. The lowest BCUT2D eigenvalue weighted by molar-refractivity contribution is 0.477. The average molecular weight is 232 g/mol. The van der Waals surface area contributed by atoms with Gasteiger partial charge in [-0.15, -0.1) is 0 Å². The van der Waals surface area contributed by atoms with Crippen LogP contribution in [-0.2, 0) is 6.54 Å². The first-order valence-electron chi connectivity index (χ1n) is 5.28. The Labute approximate surface area is 99.1 Å². The Hall–Kier alpha value is -1.94. The van der Waals surface area contributed by atoms with Crippen LogP contribution in [0.2, 0.25) is 0 Å². The zero-order chi connectivity index (χ0) is 12.3. The molecule has 1 aromatic heterocycles. The molecule has 0 bridgehead atoms. The third-order valence-corrected chi connectivity index (χ3v) is 2.37. The fourth-order valence-corrected chi connectivity index (χ4v) is 1.41. The van der Waals surface area contributed by atoms with Gasteiger partial charge in [-0.25, -0.2) is 4.39 Å². The molecular weight excluding hydrogens is 219 g/mol. The van der Waals surface area contributed by atoms with Gasteiger partial charge in [0.05, 0.1) is 11.9 Å². The van der Waals surface area contributed by atoms with Gasteiger partial charge in [-0.05, 0) is 42.8 Å². The van der Waals surface area contributed by atoms with Crippen molar-refractivity contribution < 1.29 is 9.13 Å². The maximum absolute atomic E-state index is 13.1. The van der Waals surface area contributed by atoms with Gasteiger partial charge in [-0.1, -0.05) is 0 Å². The fourth-order valence-electron chi connectivity index (χ4n) is 1.41. The summed E-state index contributed by atoms with van der Waals surface area (Å²) in [4.78, 5) is 4.11. The molecule has 0 saturated carbocycles. The molecule has 0 amide bonds. The minimum atomic E-state index is -0.242. The number of nitrogens with two attached hydrogens (primary N) is 1. The van der Waals surface area contributed by atoms with E-state index in [1.165, 1.54) is 6.07 Å². The first kappa shape index (κ1) is 11.5.